The third-order valence-electron chi connectivity index (χ3n) is 8.11. The Hall–Kier alpha value is -2.48. The molecule has 0 atom stereocenters. The van der Waals surface area contributed by atoms with Crippen LogP contribution in [0.1, 0.15) is 140 Å². The van der Waals surface area contributed by atoms with Crippen LogP contribution in [0, 0.1) is 0 Å². The van der Waals surface area contributed by atoms with Crippen molar-refractivity contribution in [3.8, 4) is 0 Å². The molecular weight excluding hydrogens is 460 g/mol. The molecule has 0 saturated carbocycles. The van der Waals surface area contributed by atoms with Gasteiger partial charge >= 0.3 is 0 Å². The monoisotopic (exact) mass is 512 g/mol. The average Bonchev–Trinajstić information content (AvgIpc) is 3.24. The number of hydrogen-bond donors (Lipinski definition) is 0. The highest BCUT2D eigenvalue weighted by Crippen LogP contribution is 2.43. The van der Waals surface area contributed by atoms with Gasteiger partial charge in [-0.05, 0) is 73.9 Å². The lowest BCUT2D eigenvalue weighted by Gasteiger charge is -2.11. The van der Waals surface area contributed by atoms with E-state index in [-0.39, 0.29) is 0 Å². The smallest absolute Gasteiger partial charge is 0.211 e. The Morgan fingerprint density at radius 3 is 1.32 bits per heavy atom. The van der Waals surface area contributed by atoms with Crippen molar-refractivity contribution >= 4 is 11.4 Å². The number of rotatable bonds is 18. The number of aryl methyl sites for hydroxylation is 2. The third-order valence-corrected chi connectivity index (χ3v) is 8.11. The summed E-state index contributed by atoms with van der Waals surface area (Å²) in [5.74, 6) is 0. The average molecular weight is 513 g/mol. The van der Waals surface area contributed by atoms with Crippen LogP contribution in [-0.2, 0) is 12.8 Å². The second-order valence-electron chi connectivity index (χ2n) is 11.1. The van der Waals surface area contributed by atoms with E-state index in [1.54, 1.807) is 0 Å². The predicted octanol–water partition coefficient (Wildman–Crippen LogP) is 11.5. The fraction of sp³-hybridized carbons (Fsp3) is 0.556. The Morgan fingerprint density at radius 1 is 0.526 bits per heavy atom. The number of nitrogens with zero attached hydrogens (tertiary/aromatic N) is 2. The summed E-state index contributed by atoms with van der Waals surface area (Å²) in [6.07, 6.45) is 19.9. The molecule has 2 aromatic carbocycles. The molecule has 0 bridgehead atoms. The van der Waals surface area contributed by atoms with Crippen molar-refractivity contribution in [1.29, 1.82) is 0 Å². The van der Waals surface area contributed by atoms with Gasteiger partial charge in [0.25, 0.3) is 0 Å². The molecular formula is C36H52N2. The van der Waals surface area contributed by atoms with Crippen LogP contribution in [0.25, 0.3) is 16.9 Å². The van der Waals surface area contributed by atoms with Gasteiger partial charge in [-0.15, -0.1) is 0 Å². The third kappa shape index (κ3) is 8.26. The fourth-order valence-corrected chi connectivity index (χ4v) is 5.98. The highest BCUT2D eigenvalue weighted by atomic mass is 15.2. The minimum Gasteiger partial charge on any atom is -0.493 e. The maximum atomic E-state index is 11.7. The van der Waals surface area contributed by atoms with Gasteiger partial charge in [0.2, 0.25) is 11.4 Å². The second-order valence-corrected chi connectivity index (χ2v) is 11.1. The van der Waals surface area contributed by atoms with Gasteiger partial charge in [-0.3, -0.25) is 0 Å². The summed E-state index contributed by atoms with van der Waals surface area (Å²) in [6, 6.07) is 17.8. The molecule has 206 valence electrons. The molecule has 38 heavy (non-hydrogen) atoms. The maximum Gasteiger partial charge on any atom is 0.211 e. The number of allylic oxidation sites excluding steroid dienone is 2. The normalized spacial score (nSPS) is 13.7. The number of hydrogen-bond acceptors (Lipinski definition) is 0. The van der Waals surface area contributed by atoms with Crippen LogP contribution in [0.2, 0.25) is 0 Å². The predicted molar refractivity (Wildman–Crippen MR) is 165 cm³/mol. The lowest BCUT2D eigenvalue weighted by Crippen LogP contribution is -2.03. The van der Waals surface area contributed by atoms with Gasteiger partial charge in [-0.1, -0.05) is 116 Å². The van der Waals surface area contributed by atoms with Crippen molar-refractivity contribution in [2.75, 3.05) is 0 Å². The lowest BCUT2D eigenvalue weighted by atomic mass is 9.94. The molecule has 0 aromatic heterocycles. The second kappa shape index (κ2) is 16.5. The summed E-state index contributed by atoms with van der Waals surface area (Å²) >= 11 is 0. The van der Waals surface area contributed by atoms with Crippen LogP contribution in [0.4, 0.5) is 0 Å². The highest BCUT2D eigenvalue weighted by Gasteiger charge is 2.34. The van der Waals surface area contributed by atoms with Crippen LogP contribution in [0.15, 0.2) is 59.7 Å². The molecule has 2 aromatic rings. The van der Waals surface area contributed by atoms with E-state index in [1.807, 2.05) is 0 Å². The van der Waals surface area contributed by atoms with Crippen molar-refractivity contribution < 1.29 is 4.70 Å². The van der Waals surface area contributed by atoms with E-state index in [0.717, 1.165) is 48.2 Å². The zero-order chi connectivity index (χ0) is 27.2. The summed E-state index contributed by atoms with van der Waals surface area (Å²) in [4.78, 5) is 0. The summed E-state index contributed by atoms with van der Waals surface area (Å²) in [7, 11) is 0. The van der Waals surface area contributed by atoms with Gasteiger partial charge in [0.1, 0.15) is 0 Å². The maximum absolute atomic E-state index is 11.7. The van der Waals surface area contributed by atoms with Gasteiger partial charge in [-0.25, -0.2) is 4.70 Å². The molecule has 1 aliphatic rings. The molecule has 0 spiro atoms. The van der Waals surface area contributed by atoms with E-state index in [2.05, 4.69) is 76.2 Å². The SMILES string of the molecule is CCCCCCCCc1cccc(C2=C(CC)C(CC)=C(c3cccc(CCCCCCCC)c3)[N+]2=[N-])c1. The van der Waals surface area contributed by atoms with E-state index in [1.165, 1.54) is 104 Å². The molecule has 1 heterocycles. The first-order valence-corrected chi connectivity index (χ1v) is 15.8. The number of unbranched alkanes of at least 4 members (excludes halogenated alkanes) is 10. The Kier molecular flexibility index (Phi) is 13.0. The highest BCUT2D eigenvalue weighted by molar-refractivity contribution is 5.82. The molecule has 2 heteroatoms. The van der Waals surface area contributed by atoms with Gasteiger partial charge < -0.3 is 5.53 Å². The molecule has 0 unspecified atom stereocenters. The van der Waals surface area contributed by atoms with Crippen LogP contribution < -0.4 is 0 Å². The quantitative estimate of drug-likeness (QED) is 0.140. The van der Waals surface area contributed by atoms with Crippen molar-refractivity contribution in [2.45, 2.75) is 130 Å². The van der Waals surface area contributed by atoms with Crippen LogP contribution in [-0.4, -0.2) is 4.70 Å². The summed E-state index contributed by atoms with van der Waals surface area (Å²) < 4.78 is 1.51. The molecule has 0 aliphatic carbocycles. The summed E-state index contributed by atoms with van der Waals surface area (Å²) in [6.45, 7) is 8.99. The van der Waals surface area contributed by atoms with Crippen molar-refractivity contribution in [2.24, 2.45) is 0 Å². The van der Waals surface area contributed by atoms with E-state index < -0.39 is 0 Å². The van der Waals surface area contributed by atoms with Crippen LogP contribution in [0.3, 0.4) is 0 Å². The molecule has 2 nitrogen and oxygen atoms in total. The van der Waals surface area contributed by atoms with E-state index in [0.29, 0.717) is 0 Å². The molecule has 0 fully saturated rings. The van der Waals surface area contributed by atoms with E-state index in [4.69, 9.17) is 0 Å². The standard InChI is InChI=1S/C36H52N2/c1-5-9-11-13-15-17-21-29-23-19-25-31(27-29)35-33(7-3)34(8-4)36(38(35)37)32-26-20-24-30(28-32)22-18-16-14-12-10-6-2/h19-20,23-28H,5-18,21-22H2,1-4H3. The van der Waals surface area contributed by atoms with Crippen LogP contribution in [0.5, 0.6) is 0 Å². The first-order valence-electron chi connectivity index (χ1n) is 15.8. The molecule has 0 radical (unpaired) electrons. The lowest BCUT2D eigenvalue weighted by molar-refractivity contribution is -0.345. The molecule has 0 N–H and O–H groups in total. The Morgan fingerprint density at radius 2 is 0.921 bits per heavy atom. The number of benzene rings is 2. The van der Waals surface area contributed by atoms with Crippen molar-refractivity contribution in [1.82, 2.24) is 0 Å². The Labute approximate surface area is 233 Å². The summed E-state index contributed by atoms with van der Waals surface area (Å²) in [5.41, 5.74) is 21.2. The molecule has 3 rings (SSSR count). The van der Waals surface area contributed by atoms with Gasteiger partial charge in [-0.2, -0.15) is 0 Å². The Balaban J connectivity index is 1.75. The van der Waals surface area contributed by atoms with Crippen LogP contribution >= 0.6 is 0 Å². The first kappa shape index (κ1) is 30.1. The first-order chi connectivity index (χ1) is 18.6. The largest absolute Gasteiger partial charge is 0.493 e. The van der Waals surface area contributed by atoms with E-state index in [9.17, 15) is 5.53 Å². The topological polar surface area (TPSA) is 25.3 Å². The zero-order valence-electron chi connectivity index (χ0n) is 24.8. The van der Waals surface area contributed by atoms with Gasteiger partial charge in [0.05, 0.1) is 0 Å². The zero-order valence-corrected chi connectivity index (χ0v) is 24.8. The van der Waals surface area contributed by atoms with Crippen molar-refractivity contribution in [3.05, 3.63) is 87.5 Å². The van der Waals surface area contributed by atoms with E-state index >= 15 is 0 Å². The van der Waals surface area contributed by atoms with Crippen molar-refractivity contribution in [3.63, 3.8) is 0 Å². The van der Waals surface area contributed by atoms with Gasteiger partial charge in [0, 0.05) is 22.3 Å². The fourth-order valence-electron chi connectivity index (χ4n) is 5.98. The minimum atomic E-state index is 0.915. The molecule has 1 aliphatic heterocycles. The molecule has 0 amide bonds. The summed E-state index contributed by atoms with van der Waals surface area (Å²) in [5, 5.41) is 0. The molecule has 0 saturated heterocycles. The minimum absolute atomic E-state index is 0.915. The Bertz CT molecular complexity index is 1000. The van der Waals surface area contributed by atoms with Gasteiger partial charge in [0.15, 0.2) is 0 Å².